The molecule has 1 aliphatic rings. The van der Waals surface area contributed by atoms with Crippen molar-refractivity contribution in [2.24, 2.45) is 11.8 Å². The molecule has 4 nitrogen and oxygen atoms in total. The van der Waals surface area contributed by atoms with Crippen LogP contribution in [0.2, 0.25) is 0 Å². The van der Waals surface area contributed by atoms with Crippen LogP contribution < -0.4 is 5.32 Å². The first-order valence-electron chi connectivity index (χ1n) is 9.59. The summed E-state index contributed by atoms with van der Waals surface area (Å²) >= 11 is 0. The molecular formula is C20H29F3N2O2S. The normalized spacial score (nSPS) is 21.0. The molecule has 0 spiro atoms. The molecule has 1 aromatic rings. The van der Waals surface area contributed by atoms with Crippen molar-refractivity contribution in [1.82, 2.24) is 9.62 Å². The minimum Gasteiger partial charge on any atom is -0.313 e. The minimum atomic E-state index is -4.48. The summed E-state index contributed by atoms with van der Waals surface area (Å²) in [5.41, 5.74) is -0.853. The Morgan fingerprint density at radius 3 is 2.25 bits per heavy atom. The largest absolute Gasteiger partial charge is 0.416 e. The van der Waals surface area contributed by atoms with Gasteiger partial charge in [0.1, 0.15) is 0 Å². The fraction of sp³-hybridized carbons (Fsp3) is 0.600. The average molecular weight is 419 g/mol. The molecule has 8 heteroatoms. The highest BCUT2D eigenvalue weighted by atomic mass is 32.2. The third-order valence-electron chi connectivity index (χ3n) is 5.43. The molecule has 0 heterocycles. The fourth-order valence-electron chi connectivity index (χ4n) is 3.59. The molecule has 0 radical (unpaired) electrons. The van der Waals surface area contributed by atoms with E-state index in [-0.39, 0.29) is 4.90 Å². The van der Waals surface area contributed by atoms with Gasteiger partial charge in [-0.15, -0.1) is 6.58 Å². The predicted octanol–water partition coefficient (Wildman–Crippen LogP) is 4.30. The van der Waals surface area contributed by atoms with E-state index in [1.54, 1.807) is 0 Å². The lowest BCUT2D eigenvalue weighted by Crippen LogP contribution is -2.31. The van der Waals surface area contributed by atoms with Gasteiger partial charge in [-0.05, 0) is 61.9 Å². The van der Waals surface area contributed by atoms with Crippen LogP contribution in [0.4, 0.5) is 13.2 Å². The number of hydrogen-bond donors (Lipinski definition) is 1. The summed E-state index contributed by atoms with van der Waals surface area (Å²) in [6.45, 7) is 5.85. The second-order valence-electron chi connectivity index (χ2n) is 7.47. The van der Waals surface area contributed by atoms with E-state index in [9.17, 15) is 21.6 Å². The van der Waals surface area contributed by atoms with Gasteiger partial charge >= 0.3 is 6.18 Å². The summed E-state index contributed by atoms with van der Waals surface area (Å²) in [5.74, 6) is 1.14. The van der Waals surface area contributed by atoms with Gasteiger partial charge in [0, 0.05) is 20.1 Å². The Morgan fingerprint density at radius 1 is 1.14 bits per heavy atom. The zero-order valence-corrected chi connectivity index (χ0v) is 17.0. The van der Waals surface area contributed by atoms with Crippen LogP contribution in [0.5, 0.6) is 0 Å². The molecule has 0 aliphatic heterocycles. The zero-order valence-electron chi connectivity index (χ0n) is 16.2. The zero-order chi connectivity index (χ0) is 20.8. The first-order chi connectivity index (χ1) is 13.1. The van der Waals surface area contributed by atoms with Crippen LogP contribution in [0.15, 0.2) is 41.8 Å². The molecule has 28 heavy (non-hydrogen) atoms. The number of rotatable bonds is 9. The number of nitrogens with zero attached hydrogens (tertiary/aromatic N) is 1. The Balaban J connectivity index is 1.84. The van der Waals surface area contributed by atoms with Crippen LogP contribution in [0, 0.1) is 11.8 Å². The number of hydrogen-bond acceptors (Lipinski definition) is 3. The number of halogens is 3. The van der Waals surface area contributed by atoms with Gasteiger partial charge in [0.15, 0.2) is 0 Å². The number of alkyl halides is 3. The molecule has 1 aromatic carbocycles. The van der Waals surface area contributed by atoms with Crippen LogP contribution in [-0.4, -0.2) is 39.4 Å². The second-order valence-corrected chi connectivity index (χ2v) is 9.52. The maximum Gasteiger partial charge on any atom is 0.416 e. The summed E-state index contributed by atoms with van der Waals surface area (Å²) in [6, 6.07) is 3.66. The summed E-state index contributed by atoms with van der Waals surface area (Å²) in [5, 5.41) is 3.35. The first kappa shape index (κ1) is 22.9. The minimum absolute atomic E-state index is 0.111. The Labute approximate surface area is 165 Å². The van der Waals surface area contributed by atoms with Crippen LogP contribution >= 0.6 is 0 Å². The van der Waals surface area contributed by atoms with E-state index in [1.807, 2.05) is 6.08 Å². The smallest absolute Gasteiger partial charge is 0.313 e. The third-order valence-corrected chi connectivity index (χ3v) is 7.30. The topological polar surface area (TPSA) is 49.4 Å². The highest BCUT2D eigenvalue weighted by molar-refractivity contribution is 7.89. The summed E-state index contributed by atoms with van der Waals surface area (Å²) in [7, 11) is -2.30. The standard InChI is InChI=1S/C20H29F3N2O2S/c1-3-13-24-15-17-6-4-16(5-7-17)12-14-25(2)28(26,27)19-10-8-18(9-11-19)20(21,22)23/h3,8-11,16-17,24H,1,4-7,12-15H2,2H3. The van der Waals surface area contributed by atoms with Crippen molar-refractivity contribution >= 4 is 10.0 Å². The van der Waals surface area contributed by atoms with E-state index in [4.69, 9.17) is 0 Å². The van der Waals surface area contributed by atoms with E-state index in [2.05, 4.69) is 11.9 Å². The van der Waals surface area contributed by atoms with E-state index < -0.39 is 21.8 Å². The quantitative estimate of drug-likeness (QED) is 0.481. The molecule has 0 bridgehead atoms. The molecule has 0 amide bonds. The summed E-state index contributed by atoms with van der Waals surface area (Å²) in [4.78, 5) is -0.111. The SMILES string of the molecule is C=CCNCC1CCC(CCN(C)S(=O)(=O)c2ccc(C(F)(F)F)cc2)CC1. The van der Waals surface area contributed by atoms with Gasteiger partial charge in [-0.25, -0.2) is 12.7 Å². The van der Waals surface area contributed by atoms with Gasteiger partial charge in [-0.1, -0.05) is 18.9 Å². The van der Waals surface area contributed by atoms with Crippen LogP contribution in [-0.2, 0) is 16.2 Å². The molecule has 0 atom stereocenters. The van der Waals surface area contributed by atoms with E-state index in [0.717, 1.165) is 69.5 Å². The second kappa shape index (κ2) is 9.89. The number of benzene rings is 1. The molecule has 0 unspecified atom stereocenters. The van der Waals surface area contributed by atoms with E-state index in [0.29, 0.717) is 18.4 Å². The van der Waals surface area contributed by atoms with Gasteiger partial charge < -0.3 is 5.32 Å². The molecule has 0 aromatic heterocycles. The summed E-state index contributed by atoms with van der Waals surface area (Å²) in [6.07, 6.45) is 2.55. The van der Waals surface area contributed by atoms with Gasteiger partial charge in [-0.2, -0.15) is 13.2 Å². The van der Waals surface area contributed by atoms with Crippen LogP contribution in [0.3, 0.4) is 0 Å². The number of nitrogens with one attached hydrogen (secondary N) is 1. The fourth-order valence-corrected chi connectivity index (χ4v) is 4.78. The maximum absolute atomic E-state index is 12.6. The maximum atomic E-state index is 12.6. The van der Waals surface area contributed by atoms with Crippen molar-refractivity contribution in [2.75, 3.05) is 26.7 Å². The highest BCUT2D eigenvalue weighted by Gasteiger charge is 2.31. The molecule has 158 valence electrons. The van der Waals surface area contributed by atoms with Crippen molar-refractivity contribution in [3.05, 3.63) is 42.5 Å². The lowest BCUT2D eigenvalue weighted by atomic mass is 9.80. The van der Waals surface area contributed by atoms with Gasteiger partial charge in [0.25, 0.3) is 0 Å². The highest BCUT2D eigenvalue weighted by Crippen LogP contribution is 2.32. The monoisotopic (exact) mass is 418 g/mol. The van der Waals surface area contributed by atoms with Crippen molar-refractivity contribution in [1.29, 1.82) is 0 Å². The molecule has 2 rings (SSSR count). The van der Waals surface area contributed by atoms with E-state index in [1.165, 1.54) is 11.4 Å². The molecule has 0 saturated heterocycles. The molecule has 1 saturated carbocycles. The van der Waals surface area contributed by atoms with Crippen molar-refractivity contribution in [2.45, 2.75) is 43.2 Å². The van der Waals surface area contributed by atoms with E-state index >= 15 is 0 Å². The Hall–Kier alpha value is -1.38. The first-order valence-corrected chi connectivity index (χ1v) is 11.0. The van der Waals surface area contributed by atoms with Crippen molar-refractivity contribution in [3.63, 3.8) is 0 Å². The van der Waals surface area contributed by atoms with Crippen molar-refractivity contribution in [3.8, 4) is 0 Å². The van der Waals surface area contributed by atoms with Gasteiger partial charge in [0.2, 0.25) is 10.0 Å². The lowest BCUT2D eigenvalue weighted by Gasteiger charge is -2.29. The van der Waals surface area contributed by atoms with Crippen LogP contribution in [0.1, 0.15) is 37.7 Å². The Bertz CT molecular complexity index is 725. The van der Waals surface area contributed by atoms with Crippen molar-refractivity contribution < 1.29 is 21.6 Å². The molecule has 1 aliphatic carbocycles. The Morgan fingerprint density at radius 2 is 1.71 bits per heavy atom. The molecular weight excluding hydrogens is 389 g/mol. The van der Waals surface area contributed by atoms with Gasteiger partial charge in [0.05, 0.1) is 10.5 Å². The van der Waals surface area contributed by atoms with Crippen LogP contribution in [0.25, 0.3) is 0 Å². The average Bonchev–Trinajstić information content (AvgIpc) is 2.66. The Kier molecular flexibility index (Phi) is 8.09. The molecule has 1 fully saturated rings. The molecule has 1 N–H and O–H groups in total. The lowest BCUT2D eigenvalue weighted by molar-refractivity contribution is -0.137. The van der Waals surface area contributed by atoms with Gasteiger partial charge in [-0.3, -0.25) is 0 Å². The number of sulfonamides is 1. The predicted molar refractivity (Wildman–Crippen MR) is 104 cm³/mol. The summed E-state index contributed by atoms with van der Waals surface area (Å²) < 4.78 is 64.4. The third kappa shape index (κ3) is 6.32.